The van der Waals surface area contributed by atoms with Gasteiger partial charge in [-0.2, -0.15) is 0 Å². The Bertz CT molecular complexity index is 2880. The molecule has 234 valence electrons. The van der Waals surface area contributed by atoms with E-state index in [0.717, 1.165) is 44.6 Å². The molecule has 0 saturated carbocycles. The van der Waals surface area contributed by atoms with E-state index >= 15 is 0 Å². The molecule has 10 aromatic rings. The molecule has 0 aliphatic rings. The maximum absolute atomic E-state index is 6.70. The lowest BCUT2D eigenvalue weighted by molar-refractivity contribution is 0.669. The van der Waals surface area contributed by atoms with Gasteiger partial charge >= 0.3 is 0 Å². The minimum absolute atomic E-state index is 0.868. The second-order valence-corrected chi connectivity index (χ2v) is 12.9. The molecule has 0 aliphatic heterocycles. The van der Waals surface area contributed by atoms with Crippen LogP contribution in [0.15, 0.2) is 192 Å². The van der Waals surface area contributed by atoms with Crippen molar-refractivity contribution in [3.05, 3.63) is 188 Å². The van der Waals surface area contributed by atoms with Gasteiger partial charge in [-0.05, 0) is 79.5 Å². The summed E-state index contributed by atoms with van der Waals surface area (Å²) in [5.41, 5.74) is 9.72. The first kappa shape index (κ1) is 28.4. The van der Waals surface area contributed by atoms with E-state index in [2.05, 4.69) is 187 Å². The number of hydrogen-bond acceptors (Lipinski definition) is 2. The summed E-state index contributed by atoms with van der Waals surface area (Å²) in [5, 5.41) is 9.53. The SMILES string of the molecule is c1ccc(-c2cccc3cccc(-c4cccc(N(c5cc6ccccc6c6ccccc56)c5cccc6c5oc5ccccc56)c4)c23)cc1. The van der Waals surface area contributed by atoms with Crippen LogP contribution in [0.2, 0.25) is 0 Å². The number of furan rings is 1. The first-order chi connectivity index (χ1) is 24.8. The Kier molecular flexibility index (Phi) is 6.53. The number of anilines is 3. The lowest BCUT2D eigenvalue weighted by Crippen LogP contribution is -2.11. The first-order valence-electron chi connectivity index (χ1n) is 17.1. The molecule has 2 heteroatoms. The van der Waals surface area contributed by atoms with Crippen molar-refractivity contribution in [2.24, 2.45) is 0 Å². The molecule has 0 aliphatic carbocycles. The van der Waals surface area contributed by atoms with Gasteiger partial charge in [0.05, 0.1) is 11.4 Å². The van der Waals surface area contributed by atoms with Crippen LogP contribution in [-0.2, 0) is 0 Å². The van der Waals surface area contributed by atoms with Gasteiger partial charge < -0.3 is 9.32 Å². The Morgan fingerprint density at radius 2 is 0.960 bits per heavy atom. The van der Waals surface area contributed by atoms with Gasteiger partial charge in [-0.25, -0.2) is 0 Å². The second kappa shape index (κ2) is 11.5. The largest absolute Gasteiger partial charge is 0.454 e. The van der Waals surface area contributed by atoms with Crippen LogP contribution < -0.4 is 4.90 Å². The maximum atomic E-state index is 6.70. The minimum atomic E-state index is 0.868. The zero-order chi connectivity index (χ0) is 33.0. The molecular formula is C48H31NO. The number of para-hydroxylation sites is 2. The van der Waals surface area contributed by atoms with Crippen molar-refractivity contribution in [3.63, 3.8) is 0 Å². The van der Waals surface area contributed by atoms with E-state index in [4.69, 9.17) is 4.42 Å². The average Bonchev–Trinajstić information content (AvgIpc) is 3.58. The Hall–Kier alpha value is -6.64. The fourth-order valence-electron chi connectivity index (χ4n) is 7.79. The van der Waals surface area contributed by atoms with Crippen molar-refractivity contribution in [3.8, 4) is 22.3 Å². The van der Waals surface area contributed by atoms with Crippen LogP contribution in [0.4, 0.5) is 17.1 Å². The van der Waals surface area contributed by atoms with Crippen molar-refractivity contribution >= 4 is 71.3 Å². The molecule has 0 N–H and O–H groups in total. The van der Waals surface area contributed by atoms with E-state index < -0.39 is 0 Å². The predicted octanol–water partition coefficient (Wildman–Crippen LogP) is 13.8. The average molecular weight is 638 g/mol. The highest BCUT2D eigenvalue weighted by Gasteiger charge is 2.22. The summed E-state index contributed by atoms with van der Waals surface area (Å²) in [5.74, 6) is 0. The first-order valence-corrected chi connectivity index (χ1v) is 17.1. The molecule has 0 bridgehead atoms. The maximum Gasteiger partial charge on any atom is 0.159 e. The fourth-order valence-corrected chi connectivity index (χ4v) is 7.79. The van der Waals surface area contributed by atoms with Crippen LogP contribution >= 0.6 is 0 Å². The summed E-state index contributed by atoms with van der Waals surface area (Å²) in [4.78, 5) is 2.40. The van der Waals surface area contributed by atoms with Gasteiger partial charge in [-0.15, -0.1) is 0 Å². The van der Waals surface area contributed by atoms with Crippen molar-refractivity contribution in [1.82, 2.24) is 0 Å². The summed E-state index contributed by atoms with van der Waals surface area (Å²) < 4.78 is 6.70. The molecule has 1 aromatic heterocycles. The Labute approximate surface area is 290 Å². The normalized spacial score (nSPS) is 11.6. The smallest absolute Gasteiger partial charge is 0.159 e. The molecule has 2 nitrogen and oxygen atoms in total. The van der Waals surface area contributed by atoms with Crippen LogP contribution in [0.5, 0.6) is 0 Å². The van der Waals surface area contributed by atoms with Gasteiger partial charge in [0.2, 0.25) is 0 Å². The third kappa shape index (κ3) is 4.50. The van der Waals surface area contributed by atoms with Crippen LogP contribution in [0.25, 0.3) is 76.5 Å². The third-order valence-corrected chi connectivity index (χ3v) is 10.0. The molecule has 0 fully saturated rings. The van der Waals surface area contributed by atoms with E-state index in [0.29, 0.717) is 0 Å². The molecule has 0 atom stereocenters. The number of hydrogen-bond donors (Lipinski definition) is 0. The summed E-state index contributed by atoms with van der Waals surface area (Å²) in [6.07, 6.45) is 0. The standard InChI is InChI=1S/C48H31NO/c1-2-14-32(15-3-1)38-25-11-17-33-18-12-26-39(47(33)38)34-19-10-20-36(30-34)49(44-28-13-27-43-42-24-8-9-29-46(42)50-48(43)44)45-31-35-16-4-5-21-37(35)40-22-6-7-23-41(40)45/h1-31H. The second-order valence-electron chi connectivity index (χ2n) is 12.9. The predicted molar refractivity (Wildman–Crippen MR) is 212 cm³/mol. The molecule has 50 heavy (non-hydrogen) atoms. The molecule has 1 heterocycles. The highest BCUT2D eigenvalue weighted by atomic mass is 16.3. The van der Waals surface area contributed by atoms with Crippen LogP contribution in [0.3, 0.4) is 0 Å². The topological polar surface area (TPSA) is 16.4 Å². The van der Waals surface area contributed by atoms with Crippen molar-refractivity contribution in [2.45, 2.75) is 0 Å². The Morgan fingerprint density at radius 1 is 0.360 bits per heavy atom. The molecule has 9 aromatic carbocycles. The van der Waals surface area contributed by atoms with Crippen molar-refractivity contribution < 1.29 is 4.42 Å². The van der Waals surface area contributed by atoms with Gasteiger partial charge in [-0.3, -0.25) is 0 Å². The molecule has 10 rings (SSSR count). The summed E-state index contributed by atoms with van der Waals surface area (Å²) in [6.45, 7) is 0. The summed E-state index contributed by atoms with van der Waals surface area (Å²) in [6, 6.07) is 67.5. The molecular weight excluding hydrogens is 607 g/mol. The number of rotatable bonds is 5. The lowest BCUT2D eigenvalue weighted by atomic mass is 9.91. The minimum Gasteiger partial charge on any atom is -0.454 e. The van der Waals surface area contributed by atoms with Crippen LogP contribution in [0, 0.1) is 0 Å². The highest BCUT2D eigenvalue weighted by Crippen LogP contribution is 2.47. The summed E-state index contributed by atoms with van der Waals surface area (Å²) in [7, 11) is 0. The summed E-state index contributed by atoms with van der Waals surface area (Å²) >= 11 is 0. The van der Waals surface area contributed by atoms with Crippen LogP contribution in [-0.4, -0.2) is 0 Å². The number of nitrogens with zero attached hydrogens (tertiary/aromatic N) is 1. The number of fused-ring (bicyclic) bond motifs is 7. The third-order valence-electron chi connectivity index (χ3n) is 10.0. The molecule has 0 amide bonds. The number of benzene rings is 9. The molecule has 0 spiro atoms. The van der Waals surface area contributed by atoms with Gasteiger partial charge in [0.1, 0.15) is 5.58 Å². The molecule has 0 unspecified atom stereocenters. The fraction of sp³-hybridized carbons (Fsp3) is 0. The molecule has 0 radical (unpaired) electrons. The van der Waals surface area contributed by atoms with E-state index in [1.165, 1.54) is 49.0 Å². The van der Waals surface area contributed by atoms with E-state index in [-0.39, 0.29) is 0 Å². The van der Waals surface area contributed by atoms with Gasteiger partial charge in [-0.1, -0.05) is 158 Å². The van der Waals surface area contributed by atoms with Crippen molar-refractivity contribution in [1.29, 1.82) is 0 Å². The van der Waals surface area contributed by atoms with E-state index in [1.54, 1.807) is 0 Å². The highest BCUT2D eigenvalue weighted by molar-refractivity contribution is 6.17. The Balaban J connectivity index is 1.27. The van der Waals surface area contributed by atoms with Gasteiger partial charge in [0, 0.05) is 21.8 Å². The quantitative estimate of drug-likeness (QED) is 0.175. The van der Waals surface area contributed by atoms with Crippen LogP contribution in [0.1, 0.15) is 0 Å². The van der Waals surface area contributed by atoms with E-state index in [9.17, 15) is 0 Å². The molecule has 0 saturated heterocycles. The Morgan fingerprint density at radius 3 is 1.80 bits per heavy atom. The van der Waals surface area contributed by atoms with Gasteiger partial charge in [0.25, 0.3) is 0 Å². The zero-order valence-electron chi connectivity index (χ0n) is 27.3. The monoisotopic (exact) mass is 637 g/mol. The van der Waals surface area contributed by atoms with Gasteiger partial charge in [0.15, 0.2) is 5.58 Å². The lowest BCUT2D eigenvalue weighted by Gasteiger charge is -2.28. The zero-order valence-corrected chi connectivity index (χ0v) is 27.3. The van der Waals surface area contributed by atoms with E-state index in [1.807, 2.05) is 6.07 Å². The van der Waals surface area contributed by atoms with Crippen molar-refractivity contribution in [2.75, 3.05) is 4.90 Å².